The fourth-order valence-corrected chi connectivity index (χ4v) is 3.53. The lowest BCUT2D eigenvalue weighted by molar-refractivity contribution is -0.144. The number of carboxylic acids is 1. The number of aliphatic carboxylic acids is 1. The molecule has 0 saturated carbocycles. The molecule has 3 nitrogen and oxygen atoms in total. The number of benzene rings is 1. The van der Waals surface area contributed by atoms with E-state index in [1.54, 1.807) is 11.3 Å². The smallest absolute Gasteiger partial charge is 0.325 e. The Morgan fingerprint density at radius 3 is 2.79 bits per heavy atom. The Labute approximate surface area is 116 Å². The topological polar surface area (TPSA) is 40.5 Å². The molecular formula is C15H15NO2S. The molecule has 1 aliphatic rings. The molecule has 3 rings (SSSR count). The molecule has 2 heterocycles. The van der Waals surface area contributed by atoms with Crippen molar-refractivity contribution in [3.8, 4) is 0 Å². The highest BCUT2D eigenvalue weighted by atomic mass is 32.1. The summed E-state index contributed by atoms with van der Waals surface area (Å²) < 4.78 is 0. The van der Waals surface area contributed by atoms with Crippen LogP contribution in [0, 0.1) is 0 Å². The van der Waals surface area contributed by atoms with Crippen LogP contribution in [0.2, 0.25) is 0 Å². The van der Waals surface area contributed by atoms with E-state index in [-0.39, 0.29) is 0 Å². The van der Waals surface area contributed by atoms with Crippen molar-refractivity contribution in [2.75, 3.05) is 6.54 Å². The molecule has 1 aromatic carbocycles. The molecule has 0 spiro atoms. The van der Waals surface area contributed by atoms with Gasteiger partial charge in [-0.15, -0.1) is 11.3 Å². The van der Waals surface area contributed by atoms with E-state index in [0.717, 1.165) is 25.1 Å². The molecule has 1 aromatic heterocycles. The van der Waals surface area contributed by atoms with Gasteiger partial charge in [-0.2, -0.15) is 0 Å². The minimum absolute atomic E-state index is 0.547. The predicted octanol–water partition coefficient (Wildman–Crippen LogP) is 2.93. The molecule has 0 aliphatic carbocycles. The van der Waals surface area contributed by atoms with Gasteiger partial charge in [0.2, 0.25) is 0 Å². The van der Waals surface area contributed by atoms with Crippen LogP contribution in [0.5, 0.6) is 0 Å². The Balaban J connectivity index is 1.89. The first-order valence-corrected chi connectivity index (χ1v) is 7.21. The van der Waals surface area contributed by atoms with Crippen molar-refractivity contribution < 1.29 is 9.90 Å². The van der Waals surface area contributed by atoms with Gasteiger partial charge >= 0.3 is 5.97 Å². The number of rotatable bonds is 3. The SMILES string of the molecule is O=C(O)[C@H](c1ccccc1)N1CCc2sccc2C1. The van der Waals surface area contributed by atoms with E-state index in [9.17, 15) is 9.90 Å². The van der Waals surface area contributed by atoms with E-state index in [1.165, 1.54) is 10.4 Å². The quantitative estimate of drug-likeness (QED) is 0.934. The van der Waals surface area contributed by atoms with Gasteiger partial charge in [-0.25, -0.2) is 0 Å². The lowest BCUT2D eigenvalue weighted by atomic mass is 10.0. The number of fused-ring (bicyclic) bond motifs is 1. The molecule has 0 bridgehead atoms. The van der Waals surface area contributed by atoms with Crippen LogP contribution in [-0.2, 0) is 17.8 Å². The van der Waals surface area contributed by atoms with Crippen molar-refractivity contribution in [3.05, 3.63) is 57.8 Å². The zero-order chi connectivity index (χ0) is 13.2. The Hall–Kier alpha value is -1.65. The Morgan fingerprint density at radius 2 is 2.05 bits per heavy atom. The molecule has 1 aliphatic heterocycles. The average molecular weight is 273 g/mol. The van der Waals surface area contributed by atoms with Gasteiger partial charge in [0.05, 0.1) is 0 Å². The summed E-state index contributed by atoms with van der Waals surface area (Å²) in [6, 6.07) is 11.0. The highest BCUT2D eigenvalue weighted by Crippen LogP contribution is 2.30. The van der Waals surface area contributed by atoms with E-state index in [4.69, 9.17) is 0 Å². The maximum absolute atomic E-state index is 11.6. The van der Waals surface area contributed by atoms with Gasteiger partial charge in [-0.05, 0) is 29.0 Å². The summed E-state index contributed by atoms with van der Waals surface area (Å²) in [6.07, 6.45) is 0.948. The van der Waals surface area contributed by atoms with Crippen LogP contribution in [0.25, 0.3) is 0 Å². The van der Waals surface area contributed by atoms with Crippen LogP contribution in [0.15, 0.2) is 41.8 Å². The summed E-state index contributed by atoms with van der Waals surface area (Å²) in [5, 5.41) is 11.6. The van der Waals surface area contributed by atoms with Gasteiger partial charge in [0.25, 0.3) is 0 Å². The highest BCUT2D eigenvalue weighted by Gasteiger charge is 2.30. The average Bonchev–Trinajstić information content (AvgIpc) is 2.87. The summed E-state index contributed by atoms with van der Waals surface area (Å²) in [5.74, 6) is -0.773. The Kier molecular flexibility index (Phi) is 3.36. The van der Waals surface area contributed by atoms with Crippen LogP contribution in [0.1, 0.15) is 22.0 Å². The fraction of sp³-hybridized carbons (Fsp3) is 0.267. The second kappa shape index (κ2) is 5.15. The minimum Gasteiger partial charge on any atom is -0.480 e. The molecule has 0 saturated heterocycles. The monoisotopic (exact) mass is 273 g/mol. The van der Waals surface area contributed by atoms with Crippen molar-refractivity contribution in [2.24, 2.45) is 0 Å². The maximum atomic E-state index is 11.6. The molecule has 1 N–H and O–H groups in total. The van der Waals surface area contributed by atoms with E-state index < -0.39 is 12.0 Å². The number of carboxylic acid groups (broad SMARTS) is 1. The van der Waals surface area contributed by atoms with Gasteiger partial charge in [0, 0.05) is 18.0 Å². The molecule has 19 heavy (non-hydrogen) atoms. The lowest BCUT2D eigenvalue weighted by Crippen LogP contribution is -2.37. The van der Waals surface area contributed by atoms with Crippen LogP contribution in [-0.4, -0.2) is 22.5 Å². The Morgan fingerprint density at radius 1 is 1.26 bits per heavy atom. The first-order valence-electron chi connectivity index (χ1n) is 6.33. The standard InChI is InChI=1S/C15H15NO2S/c17-15(18)14(11-4-2-1-3-5-11)16-8-6-13-12(10-16)7-9-19-13/h1-5,7,9,14H,6,8,10H2,(H,17,18)/t14-/m0/s1. The number of carbonyl (C=O) groups is 1. The first kappa shape index (κ1) is 12.4. The van der Waals surface area contributed by atoms with Crippen LogP contribution < -0.4 is 0 Å². The molecule has 0 amide bonds. The van der Waals surface area contributed by atoms with Gasteiger partial charge in [-0.1, -0.05) is 30.3 Å². The minimum atomic E-state index is -0.773. The second-order valence-corrected chi connectivity index (χ2v) is 5.74. The van der Waals surface area contributed by atoms with E-state index in [2.05, 4.69) is 11.4 Å². The van der Waals surface area contributed by atoms with Gasteiger partial charge < -0.3 is 5.11 Å². The molecule has 4 heteroatoms. The van der Waals surface area contributed by atoms with Crippen molar-refractivity contribution in [1.29, 1.82) is 0 Å². The maximum Gasteiger partial charge on any atom is 0.325 e. The van der Waals surface area contributed by atoms with Crippen LogP contribution in [0.3, 0.4) is 0 Å². The number of hydrogen-bond donors (Lipinski definition) is 1. The molecule has 2 aromatic rings. The first-order chi connectivity index (χ1) is 9.25. The van der Waals surface area contributed by atoms with Gasteiger partial charge in [0.15, 0.2) is 0 Å². The molecule has 0 radical (unpaired) electrons. The fourth-order valence-electron chi connectivity index (χ4n) is 2.64. The Bertz CT molecular complexity index is 579. The summed E-state index contributed by atoms with van der Waals surface area (Å²) in [5.41, 5.74) is 2.13. The summed E-state index contributed by atoms with van der Waals surface area (Å²) in [4.78, 5) is 15.1. The summed E-state index contributed by atoms with van der Waals surface area (Å²) in [7, 11) is 0. The highest BCUT2D eigenvalue weighted by molar-refractivity contribution is 7.10. The zero-order valence-corrected chi connectivity index (χ0v) is 11.3. The van der Waals surface area contributed by atoms with Gasteiger partial charge in [-0.3, -0.25) is 9.69 Å². The second-order valence-electron chi connectivity index (χ2n) is 4.74. The lowest BCUT2D eigenvalue weighted by Gasteiger charge is -2.32. The van der Waals surface area contributed by atoms with E-state index in [0.29, 0.717) is 0 Å². The van der Waals surface area contributed by atoms with E-state index >= 15 is 0 Å². The third-order valence-corrected chi connectivity index (χ3v) is 4.57. The molecule has 0 unspecified atom stereocenters. The predicted molar refractivity (Wildman–Crippen MR) is 75.3 cm³/mol. The van der Waals surface area contributed by atoms with Gasteiger partial charge in [0.1, 0.15) is 6.04 Å². The van der Waals surface area contributed by atoms with Crippen LogP contribution >= 0.6 is 11.3 Å². The van der Waals surface area contributed by atoms with Crippen molar-refractivity contribution in [3.63, 3.8) is 0 Å². The molecule has 98 valence electrons. The molecule has 1 atom stereocenters. The van der Waals surface area contributed by atoms with Crippen molar-refractivity contribution in [2.45, 2.75) is 19.0 Å². The van der Waals surface area contributed by atoms with Crippen LogP contribution in [0.4, 0.5) is 0 Å². The van der Waals surface area contributed by atoms with E-state index in [1.807, 2.05) is 35.2 Å². The normalized spacial score (nSPS) is 16.8. The number of thiophene rings is 1. The van der Waals surface area contributed by atoms with Crippen molar-refractivity contribution >= 4 is 17.3 Å². The number of hydrogen-bond acceptors (Lipinski definition) is 3. The summed E-state index contributed by atoms with van der Waals surface area (Å²) in [6.45, 7) is 1.53. The van der Waals surface area contributed by atoms with Crippen molar-refractivity contribution in [1.82, 2.24) is 4.90 Å². The third-order valence-electron chi connectivity index (χ3n) is 3.55. The number of nitrogens with zero attached hydrogens (tertiary/aromatic N) is 1. The zero-order valence-electron chi connectivity index (χ0n) is 10.5. The summed E-state index contributed by atoms with van der Waals surface area (Å²) >= 11 is 1.77. The third kappa shape index (κ3) is 2.41. The molecule has 0 fully saturated rings. The largest absolute Gasteiger partial charge is 0.480 e. The molecular weight excluding hydrogens is 258 g/mol.